The smallest absolute Gasteiger partial charge is 0.278 e. The molecule has 5 rings (SSSR count). The molecule has 2 aliphatic rings. The molecule has 240 valence electrons. The molecular formula is C29H37F4N7O3S. The van der Waals surface area contributed by atoms with Crippen molar-refractivity contribution in [2.24, 2.45) is 5.92 Å². The number of hydrogen-bond acceptors (Lipinski definition) is 8. The van der Waals surface area contributed by atoms with Crippen LogP contribution >= 0.6 is 0 Å². The van der Waals surface area contributed by atoms with Gasteiger partial charge in [0.2, 0.25) is 16.0 Å². The highest BCUT2D eigenvalue weighted by Crippen LogP contribution is 2.40. The second kappa shape index (κ2) is 12.2. The van der Waals surface area contributed by atoms with Gasteiger partial charge in [0.15, 0.2) is 17.3 Å². The molecule has 0 spiro atoms. The molecule has 0 aliphatic heterocycles. The topological polar surface area (TPSA) is 122 Å². The van der Waals surface area contributed by atoms with Crippen LogP contribution in [0.25, 0.3) is 22.4 Å². The van der Waals surface area contributed by atoms with Gasteiger partial charge in [0, 0.05) is 30.1 Å². The van der Waals surface area contributed by atoms with Gasteiger partial charge in [0.05, 0.1) is 6.20 Å². The fraction of sp³-hybridized carbons (Fsp3) is 0.586. The fourth-order valence-corrected chi connectivity index (χ4v) is 6.99. The number of fused-ring (bicyclic) bond motifs is 1. The first-order valence-corrected chi connectivity index (χ1v) is 16.4. The molecule has 2 fully saturated rings. The first-order chi connectivity index (χ1) is 20.6. The van der Waals surface area contributed by atoms with E-state index in [9.17, 15) is 22.0 Å². The molecule has 0 atom stereocenters. The Kier molecular flexibility index (Phi) is 8.91. The lowest BCUT2D eigenvalue weighted by Gasteiger charge is -2.32. The van der Waals surface area contributed by atoms with Crippen molar-refractivity contribution in [2.45, 2.75) is 82.8 Å². The lowest BCUT2D eigenvalue weighted by Crippen LogP contribution is -2.36. The van der Waals surface area contributed by atoms with Crippen LogP contribution < -0.4 is 15.6 Å². The molecule has 2 saturated carbocycles. The summed E-state index contributed by atoms with van der Waals surface area (Å²) in [5, 5.41) is 3.34. The van der Waals surface area contributed by atoms with Gasteiger partial charge in [-0.05, 0) is 84.5 Å². The average Bonchev–Trinajstić information content (AvgIpc) is 3.73. The second-order valence-electron chi connectivity index (χ2n) is 12.4. The Morgan fingerprint density at radius 3 is 2.25 bits per heavy atom. The predicted molar refractivity (Wildman–Crippen MR) is 160 cm³/mol. The zero-order valence-corrected chi connectivity index (χ0v) is 25.9. The molecule has 0 amide bonds. The molecular weight excluding hydrogens is 602 g/mol. The monoisotopic (exact) mass is 639 g/mol. The van der Waals surface area contributed by atoms with Crippen molar-refractivity contribution < 1.29 is 26.0 Å². The van der Waals surface area contributed by atoms with E-state index < -0.39 is 57.0 Å². The van der Waals surface area contributed by atoms with Gasteiger partial charge >= 0.3 is 0 Å². The first-order valence-electron chi connectivity index (χ1n) is 14.7. The van der Waals surface area contributed by atoms with Crippen LogP contribution in [0.4, 0.5) is 29.2 Å². The number of rotatable bonds is 11. The highest BCUT2D eigenvalue weighted by atomic mass is 32.2. The van der Waals surface area contributed by atoms with Crippen LogP contribution in [0, 0.1) is 17.6 Å². The van der Waals surface area contributed by atoms with Crippen LogP contribution in [0.1, 0.15) is 64.8 Å². The number of hydrogen-bond donors (Lipinski definition) is 2. The number of sulfonamides is 1. The maximum absolute atomic E-state index is 15.1. The third-order valence-corrected chi connectivity index (χ3v) is 9.48. The normalized spacial score (nSPS) is 19.6. The van der Waals surface area contributed by atoms with Crippen molar-refractivity contribution in [1.82, 2.24) is 24.4 Å². The van der Waals surface area contributed by atoms with E-state index in [1.165, 1.54) is 10.8 Å². The second-order valence-corrected chi connectivity index (χ2v) is 14.1. The van der Waals surface area contributed by atoms with Gasteiger partial charge in [-0.3, -0.25) is 14.1 Å². The van der Waals surface area contributed by atoms with Crippen molar-refractivity contribution in [2.75, 3.05) is 29.9 Å². The van der Waals surface area contributed by atoms with E-state index in [2.05, 4.69) is 39.3 Å². The number of alkyl halides is 2. The van der Waals surface area contributed by atoms with Crippen LogP contribution in [-0.2, 0) is 10.0 Å². The summed E-state index contributed by atoms with van der Waals surface area (Å²) in [6.07, 6.45) is 5.94. The lowest BCUT2D eigenvalue weighted by atomic mass is 9.91. The maximum Gasteiger partial charge on any atom is 0.278 e. The van der Waals surface area contributed by atoms with Gasteiger partial charge < -0.3 is 10.2 Å². The SMILES string of the molecule is CC(C)n1c(=O)c(-c2cc(F)c(NS(=O)(=O)CC(F)(F)CC3CC3)c(F)c2)nc2cnc(NC3CCC(N(C)C)CC3)nc21. The van der Waals surface area contributed by atoms with Crippen LogP contribution in [-0.4, -0.2) is 70.7 Å². The Hall–Kier alpha value is -3.33. The quantitative estimate of drug-likeness (QED) is 0.276. The highest BCUT2D eigenvalue weighted by Gasteiger charge is 2.41. The summed E-state index contributed by atoms with van der Waals surface area (Å²) in [6.45, 7) is 3.50. The van der Waals surface area contributed by atoms with Crippen molar-refractivity contribution in [3.8, 4) is 11.3 Å². The van der Waals surface area contributed by atoms with E-state index in [4.69, 9.17) is 0 Å². The summed E-state index contributed by atoms with van der Waals surface area (Å²) < 4.78 is 86.3. The Balaban J connectivity index is 1.42. The van der Waals surface area contributed by atoms with E-state index in [-0.39, 0.29) is 34.4 Å². The molecule has 2 heterocycles. The number of aromatic nitrogens is 4. The molecule has 2 aromatic heterocycles. The summed E-state index contributed by atoms with van der Waals surface area (Å²) in [6, 6.07) is 1.75. The molecule has 0 radical (unpaired) electrons. The van der Waals surface area contributed by atoms with Gasteiger partial charge in [0.25, 0.3) is 11.5 Å². The molecule has 0 unspecified atom stereocenters. The zero-order valence-electron chi connectivity index (χ0n) is 25.1. The number of benzene rings is 1. The van der Waals surface area contributed by atoms with Gasteiger partial charge in [-0.2, -0.15) is 4.98 Å². The highest BCUT2D eigenvalue weighted by molar-refractivity contribution is 7.92. The summed E-state index contributed by atoms with van der Waals surface area (Å²) in [4.78, 5) is 29.0. The Bertz CT molecular complexity index is 1680. The van der Waals surface area contributed by atoms with E-state index >= 15 is 8.78 Å². The zero-order chi connectivity index (χ0) is 32.0. The number of anilines is 2. The minimum atomic E-state index is -4.80. The number of nitrogens with zero attached hydrogens (tertiary/aromatic N) is 5. The molecule has 2 aliphatic carbocycles. The summed E-state index contributed by atoms with van der Waals surface area (Å²) in [5.74, 6) is -7.82. The van der Waals surface area contributed by atoms with Crippen molar-refractivity contribution in [3.63, 3.8) is 0 Å². The number of nitrogens with one attached hydrogen (secondary N) is 2. The maximum atomic E-state index is 15.1. The first kappa shape index (κ1) is 32.1. The van der Waals surface area contributed by atoms with Crippen LogP contribution in [0.15, 0.2) is 23.1 Å². The van der Waals surface area contributed by atoms with E-state index in [1.54, 1.807) is 18.6 Å². The molecule has 1 aromatic carbocycles. The number of halogens is 4. The van der Waals surface area contributed by atoms with E-state index in [1.807, 2.05) is 0 Å². The van der Waals surface area contributed by atoms with Crippen LogP contribution in [0.5, 0.6) is 0 Å². The minimum absolute atomic E-state index is 0.168. The summed E-state index contributed by atoms with van der Waals surface area (Å²) >= 11 is 0. The van der Waals surface area contributed by atoms with Crippen molar-refractivity contribution >= 4 is 32.8 Å². The molecule has 3 aromatic rings. The minimum Gasteiger partial charge on any atom is -0.351 e. The molecule has 2 N–H and O–H groups in total. The molecule has 44 heavy (non-hydrogen) atoms. The summed E-state index contributed by atoms with van der Waals surface area (Å²) in [7, 11) is -0.662. The van der Waals surface area contributed by atoms with E-state index in [0.717, 1.165) is 37.8 Å². The third kappa shape index (κ3) is 7.31. The third-order valence-electron chi connectivity index (χ3n) is 8.17. The largest absolute Gasteiger partial charge is 0.351 e. The Morgan fingerprint density at radius 1 is 1.05 bits per heavy atom. The molecule has 10 nitrogen and oxygen atoms in total. The van der Waals surface area contributed by atoms with Crippen LogP contribution in [0.2, 0.25) is 0 Å². The van der Waals surface area contributed by atoms with Gasteiger partial charge in [0.1, 0.15) is 22.7 Å². The van der Waals surface area contributed by atoms with E-state index in [0.29, 0.717) is 24.8 Å². The van der Waals surface area contributed by atoms with Gasteiger partial charge in [-0.1, -0.05) is 0 Å². The Labute approximate surface area is 253 Å². The molecule has 15 heteroatoms. The lowest BCUT2D eigenvalue weighted by molar-refractivity contribution is 0.0110. The predicted octanol–water partition coefficient (Wildman–Crippen LogP) is 5.17. The van der Waals surface area contributed by atoms with Gasteiger partial charge in [-0.25, -0.2) is 35.9 Å². The van der Waals surface area contributed by atoms with Gasteiger partial charge in [-0.15, -0.1) is 0 Å². The van der Waals surface area contributed by atoms with Crippen LogP contribution in [0.3, 0.4) is 0 Å². The van der Waals surface area contributed by atoms with Crippen molar-refractivity contribution in [1.29, 1.82) is 0 Å². The standard InChI is InChI=1S/C29H37F4N7O3S/c1-16(2)40-26-23(14-34-28(37-26)35-19-7-9-20(10-8-19)39(3)4)36-24(27(40)41)18-11-21(30)25(22(31)12-18)38-44(42,43)15-29(32,33)13-17-5-6-17/h11-12,14,16-17,19-20,38H,5-10,13,15H2,1-4H3,(H,34,35,37). The summed E-state index contributed by atoms with van der Waals surface area (Å²) in [5.41, 5.74) is -1.90. The fourth-order valence-electron chi connectivity index (χ4n) is 5.74. The molecule has 0 bridgehead atoms. The average molecular weight is 640 g/mol. The molecule has 0 saturated heterocycles. The Morgan fingerprint density at radius 2 is 1.68 bits per heavy atom. The van der Waals surface area contributed by atoms with Crippen molar-refractivity contribution in [3.05, 3.63) is 40.3 Å².